The lowest BCUT2D eigenvalue weighted by atomic mass is 10.0. The molecule has 3 aromatic carbocycles. The van der Waals surface area contributed by atoms with E-state index >= 15 is 0 Å². The van der Waals surface area contributed by atoms with Crippen molar-refractivity contribution in [2.75, 3.05) is 6.54 Å². The van der Waals surface area contributed by atoms with Gasteiger partial charge in [0.2, 0.25) is 0 Å². The van der Waals surface area contributed by atoms with Gasteiger partial charge in [0.05, 0.1) is 0 Å². The zero-order valence-electron chi connectivity index (χ0n) is 14.0. The van der Waals surface area contributed by atoms with Crippen molar-refractivity contribution in [1.82, 2.24) is 5.32 Å². The zero-order chi connectivity index (χ0) is 16.2. The molecule has 1 aliphatic rings. The van der Waals surface area contributed by atoms with Gasteiger partial charge in [-0.3, -0.25) is 0 Å². The van der Waals surface area contributed by atoms with Crippen LogP contribution in [-0.2, 0) is 19.4 Å². The highest BCUT2D eigenvalue weighted by molar-refractivity contribution is 5.76. The summed E-state index contributed by atoms with van der Waals surface area (Å²) >= 11 is 0. The summed E-state index contributed by atoms with van der Waals surface area (Å²) in [5.74, 6) is 0. The van der Waals surface area contributed by atoms with Gasteiger partial charge in [0, 0.05) is 6.54 Å². The summed E-state index contributed by atoms with van der Waals surface area (Å²) in [5, 5.41) is 3.58. The number of aryl methyl sites for hydroxylation is 1. The molecule has 24 heavy (non-hydrogen) atoms. The molecule has 4 rings (SSSR count). The number of hydrogen-bond acceptors (Lipinski definition) is 1. The third kappa shape index (κ3) is 3.27. The van der Waals surface area contributed by atoms with Crippen LogP contribution in [0.1, 0.15) is 28.7 Å². The molecule has 0 aliphatic heterocycles. The predicted octanol–water partition coefficient (Wildman–Crippen LogP) is 4.98. The Balaban J connectivity index is 1.30. The van der Waals surface area contributed by atoms with Gasteiger partial charge in [-0.05, 0) is 59.2 Å². The van der Waals surface area contributed by atoms with E-state index in [4.69, 9.17) is 0 Å². The van der Waals surface area contributed by atoms with Crippen LogP contribution < -0.4 is 5.32 Å². The van der Waals surface area contributed by atoms with Crippen molar-refractivity contribution in [3.8, 4) is 11.1 Å². The molecule has 0 fully saturated rings. The molecular formula is C23H23N. The van der Waals surface area contributed by atoms with Crippen molar-refractivity contribution in [2.24, 2.45) is 0 Å². The van der Waals surface area contributed by atoms with Crippen LogP contribution in [0.15, 0.2) is 72.8 Å². The van der Waals surface area contributed by atoms with E-state index in [0.717, 1.165) is 25.9 Å². The molecule has 0 saturated carbocycles. The highest BCUT2D eigenvalue weighted by Gasteiger charge is 2.17. The highest BCUT2D eigenvalue weighted by atomic mass is 14.8. The van der Waals surface area contributed by atoms with Gasteiger partial charge in [0.1, 0.15) is 0 Å². The fourth-order valence-electron chi connectivity index (χ4n) is 3.60. The molecule has 0 heterocycles. The maximum Gasteiger partial charge on any atom is 0.0205 e. The summed E-state index contributed by atoms with van der Waals surface area (Å²) < 4.78 is 0. The van der Waals surface area contributed by atoms with Crippen LogP contribution in [0, 0.1) is 0 Å². The first-order valence-electron chi connectivity index (χ1n) is 8.85. The number of benzene rings is 3. The van der Waals surface area contributed by atoms with E-state index in [1.54, 1.807) is 0 Å². The summed E-state index contributed by atoms with van der Waals surface area (Å²) in [4.78, 5) is 0. The first-order valence-corrected chi connectivity index (χ1v) is 8.85. The Labute approximate surface area is 144 Å². The summed E-state index contributed by atoms with van der Waals surface area (Å²) in [6.45, 7) is 2.02. The van der Waals surface area contributed by atoms with Crippen molar-refractivity contribution in [2.45, 2.75) is 25.8 Å². The van der Waals surface area contributed by atoms with Crippen LogP contribution in [0.5, 0.6) is 0 Å². The Bertz CT molecular complexity index is 820. The van der Waals surface area contributed by atoms with Gasteiger partial charge in [0.15, 0.2) is 0 Å². The molecule has 1 aliphatic carbocycles. The number of hydrogen-bond donors (Lipinski definition) is 1. The van der Waals surface area contributed by atoms with E-state index < -0.39 is 0 Å². The topological polar surface area (TPSA) is 12.0 Å². The number of rotatable bonds is 6. The molecule has 0 atom stereocenters. The molecule has 1 heteroatoms. The molecule has 0 bridgehead atoms. The smallest absolute Gasteiger partial charge is 0.0205 e. The maximum atomic E-state index is 3.58. The van der Waals surface area contributed by atoms with Gasteiger partial charge in [-0.25, -0.2) is 0 Å². The molecule has 3 aromatic rings. The highest BCUT2D eigenvalue weighted by Crippen LogP contribution is 2.36. The number of fused-ring (bicyclic) bond motifs is 3. The van der Waals surface area contributed by atoms with E-state index in [9.17, 15) is 0 Å². The van der Waals surface area contributed by atoms with E-state index in [0.29, 0.717) is 0 Å². The Hall–Kier alpha value is -2.38. The molecule has 0 spiro atoms. The summed E-state index contributed by atoms with van der Waals surface area (Å²) in [6.07, 6.45) is 3.40. The average molecular weight is 313 g/mol. The Morgan fingerprint density at radius 2 is 1.50 bits per heavy atom. The molecule has 0 aromatic heterocycles. The molecule has 1 N–H and O–H groups in total. The van der Waals surface area contributed by atoms with Gasteiger partial charge in [-0.15, -0.1) is 0 Å². The molecule has 1 nitrogen and oxygen atoms in total. The van der Waals surface area contributed by atoms with Crippen molar-refractivity contribution < 1.29 is 0 Å². The summed E-state index contributed by atoms with van der Waals surface area (Å²) in [7, 11) is 0. The minimum absolute atomic E-state index is 0.957. The predicted molar refractivity (Wildman–Crippen MR) is 101 cm³/mol. The van der Waals surface area contributed by atoms with E-state index in [1.165, 1.54) is 39.8 Å². The lowest BCUT2D eigenvalue weighted by molar-refractivity contribution is 0.649. The average Bonchev–Trinajstić information content (AvgIpc) is 3.00. The van der Waals surface area contributed by atoms with E-state index in [2.05, 4.69) is 78.1 Å². The Morgan fingerprint density at radius 3 is 2.42 bits per heavy atom. The minimum atomic E-state index is 0.957. The van der Waals surface area contributed by atoms with Gasteiger partial charge < -0.3 is 5.32 Å². The molecule has 0 saturated heterocycles. The summed E-state index contributed by atoms with van der Waals surface area (Å²) in [5.41, 5.74) is 8.57. The standard InChI is InChI=1S/C23H23N/c1-2-7-18(8-3-1)9-6-14-24-17-19-12-13-23-21(15-19)16-20-10-4-5-11-22(20)23/h1-5,7-8,10-13,15,24H,6,9,14,16-17H2. The van der Waals surface area contributed by atoms with E-state index in [1.807, 2.05) is 0 Å². The molecule has 120 valence electrons. The van der Waals surface area contributed by atoms with Gasteiger partial charge in [-0.1, -0.05) is 72.8 Å². The third-order valence-electron chi connectivity index (χ3n) is 4.85. The Kier molecular flexibility index (Phi) is 4.44. The fourth-order valence-corrected chi connectivity index (χ4v) is 3.60. The molecular weight excluding hydrogens is 290 g/mol. The second kappa shape index (κ2) is 7.02. The largest absolute Gasteiger partial charge is 0.313 e. The first-order chi connectivity index (χ1) is 11.9. The second-order valence-electron chi connectivity index (χ2n) is 6.59. The van der Waals surface area contributed by atoms with Crippen LogP contribution in [-0.4, -0.2) is 6.54 Å². The van der Waals surface area contributed by atoms with Crippen LogP contribution in [0.25, 0.3) is 11.1 Å². The maximum absolute atomic E-state index is 3.58. The lowest BCUT2D eigenvalue weighted by Gasteiger charge is -2.08. The summed E-state index contributed by atoms with van der Waals surface area (Å²) in [6, 6.07) is 26.4. The Morgan fingerprint density at radius 1 is 0.708 bits per heavy atom. The molecule has 0 radical (unpaired) electrons. The van der Waals surface area contributed by atoms with Crippen molar-refractivity contribution in [3.63, 3.8) is 0 Å². The fraction of sp³-hybridized carbons (Fsp3) is 0.217. The SMILES string of the molecule is c1ccc(CCCNCc2ccc3c(c2)Cc2ccccc2-3)cc1. The van der Waals surface area contributed by atoms with Crippen molar-refractivity contribution in [1.29, 1.82) is 0 Å². The second-order valence-corrected chi connectivity index (χ2v) is 6.59. The van der Waals surface area contributed by atoms with Crippen LogP contribution in [0.3, 0.4) is 0 Å². The number of nitrogens with one attached hydrogen (secondary N) is 1. The zero-order valence-corrected chi connectivity index (χ0v) is 14.0. The minimum Gasteiger partial charge on any atom is -0.313 e. The first kappa shape index (κ1) is 15.2. The van der Waals surface area contributed by atoms with Gasteiger partial charge >= 0.3 is 0 Å². The normalized spacial score (nSPS) is 12.0. The van der Waals surface area contributed by atoms with E-state index in [-0.39, 0.29) is 0 Å². The quantitative estimate of drug-likeness (QED) is 0.495. The van der Waals surface area contributed by atoms with Crippen LogP contribution in [0.2, 0.25) is 0 Å². The monoisotopic (exact) mass is 313 g/mol. The van der Waals surface area contributed by atoms with Crippen molar-refractivity contribution >= 4 is 0 Å². The van der Waals surface area contributed by atoms with Crippen LogP contribution >= 0.6 is 0 Å². The lowest BCUT2D eigenvalue weighted by Crippen LogP contribution is -2.15. The van der Waals surface area contributed by atoms with Crippen LogP contribution in [0.4, 0.5) is 0 Å². The van der Waals surface area contributed by atoms with Gasteiger partial charge in [0.25, 0.3) is 0 Å². The van der Waals surface area contributed by atoms with Crippen molar-refractivity contribution in [3.05, 3.63) is 95.1 Å². The third-order valence-corrected chi connectivity index (χ3v) is 4.85. The molecule has 0 unspecified atom stereocenters. The van der Waals surface area contributed by atoms with Gasteiger partial charge in [-0.2, -0.15) is 0 Å². The molecule has 0 amide bonds.